The maximum Gasteiger partial charge on any atom is 0.489 e. The van der Waals surface area contributed by atoms with Gasteiger partial charge in [0.25, 0.3) is 0 Å². The fourth-order valence-corrected chi connectivity index (χ4v) is 1.12. The third-order valence-electron chi connectivity index (χ3n) is 1.51. The van der Waals surface area contributed by atoms with E-state index in [0.717, 1.165) is 0 Å². The predicted molar refractivity (Wildman–Crippen MR) is 50.7 cm³/mol. The molecule has 0 fully saturated rings. The fourth-order valence-electron chi connectivity index (χ4n) is 0.907. The lowest BCUT2D eigenvalue weighted by Crippen LogP contribution is -2.31. The lowest BCUT2D eigenvalue weighted by atomic mass is 9.79. The first kappa shape index (κ1) is 10.0. The molecule has 4 nitrogen and oxygen atoms in total. The first-order valence-corrected chi connectivity index (χ1v) is 3.86. The highest BCUT2D eigenvalue weighted by Crippen LogP contribution is 2.06. The summed E-state index contributed by atoms with van der Waals surface area (Å²) in [5.41, 5.74) is 0.717. The number of benzene rings is 1. The molecule has 0 radical (unpaired) electrons. The summed E-state index contributed by atoms with van der Waals surface area (Å²) in [4.78, 5) is 0. The average molecular weight is 199 g/mol. The highest BCUT2D eigenvalue weighted by molar-refractivity contribution is 6.62. The zero-order chi connectivity index (χ0) is 9.84. The van der Waals surface area contributed by atoms with Gasteiger partial charge in [-0.05, 0) is 11.6 Å². The van der Waals surface area contributed by atoms with Gasteiger partial charge in [-0.2, -0.15) is 0 Å². The van der Waals surface area contributed by atoms with E-state index in [0.29, 0.717) is 5.56 Å². The van der Waals surface area contributed by atoms with Gasteiger partial charge in [0.2, 0.25) is 0 Å². The van der Waals surface area contributed by atoms with Gasteiger partial charge in [0, 0.05) is 10.5 Å². The van der Waals surface area contributed by atoms with Crippen LogP contribution in [-0.2, 0) is 0 Å². The topological polar surface area (TPSA) is 73.1 Å². The zero-order valence-electron chi connectivity index (χ0n) is 6.55. The Balaban J connectivity index is 3.11. The molecular weight excluding hydrogens is 192 g/mol. The highest BCUT2D eigenvalue weighted by atomic mass is 35.5. The summed E-state index contributed by atoms with van der Waals surface area (Å²) < 4.78 is 0. The molecule has 0 saturated heterocycles. The second-order valence-corrected chi connectivity index (χ2v) is 2.81. The van der Waals surface area contributed by atoms with E-state index in [4.69, 9.17) is 26.9 Å². The standard InChI is InChI=1S/C7H7BClNO3/c9-7-2-1-5(4-10-13)3-6(7)8(11)12/h1-4,11-13H/b10-4+. The van der Waals surface area contributed by atoms with Crippen molar-refractivity contribution in [3.05, 3.63) is 28.8 Å². The molecule has 0 aliphatic heterocycles. The molecule has 1 aromatic rings. The molecule has 6 heteroatoms. The van der Waals surface area contributed by atoms with Crippen LogP contribution in [0, 0.1) is 0 Å². The van der Waals surface area contributed by atoms with Gasteiger partial charge in [0.05, 0.1) is 6.21 Å². The van der Waals surface area contributed by atoms with E-state index in [1.54, 1.807) is 6.07 Å². The normalized spacial score (nSPS) is 10.7. The number of halogens is 1. The molecule has 0 unspecified atom stereocenters. The second-order valence-electron chi connectivity index (χ2n) is 2.40. The SMILES string of the molecule is O/N=C/c1ccc(Cl)c(B(O)O)c1. The third-order valence-corrected chi connectivity index (χ3v) is 1.85. The van der Waals surface area contributed by atoms with Gasteiger partial charge < -0.3 is 15.3 Å². The van der Waals surface area contributed by atoms with E-state index in [1.165, 1.54) is 18.3 Å². The Kier molecular flexibility index (Phi) is 3.30. The van der Waals surface area contributed by atoms with Crippen molar-refractivity contribution in [2.75, 3.05) is 0 Å². The van der Waals surface area contributed by atoms with Crippen LogP contribution in [0.4, 0.5) is 0 Å². The van der Waals surface area contributed by atoms with Gasteiger partial charge in [-0.3, -0.25) is 0 Å². The van der Waals surface area contributed by atoms with Crippen LogP contribution < -0.4 is 5.46 Å². The maximum atomic E-state index is 8.86. The molecular formula is C7H7BClNO3. The van der Waals surface area contributed by atoms with Gasteiger partial charge in [-0.25, -0.2) is 0 Å². The quantitative estimate of drug-likeness (QED) is 0.268. The number of nitrogens with zero attached hydrogens (tertiary/aromatic N) is 1. The molecule has 0 bridgehead atoms. The lowest BCUT2D eigenvalue weighted by molar-refractivity contribution is 0.322. The average Bonchev–Trinajstić information content (AvgIpc) is 2.08. The van der Waals surface area contributed by atoms with Gasteiger partial charge in [-0.1, -0.05) is 28.9 Å². The molecule has 0 atom stereocenters. The summed E-state index contributed by atoms with van der Waals surface area (Å²) >= 11 is 5.66. The third kappa shape index (κ3) is 2.45. The van der Waals surface area contributed by atoms with Crippen LogP contribution in [0.1, 0.15) is 5.56 Å². The molecule has 0 saturated carbocycles. The molecule has 68 valence electrons. The monoisotopic (exact) mass is 199 g/mol. The van der Waals surface area contributed by atoms with Crippen molar-refractivity contribution in [2.24, 2.45) is 5.16 Å². The number of rotatable bonds is 2. The Morgan fingerprint density at radius 1 is 1.38 bits per heavy atom. The molecule has 0 aliphatic carbocycles. The number of hydrogen-bond acceptors (Lipinski definition) is 4. The smallest absolute Gasteiger partial charge is 0.423 e. The van der Waals surface area contributed by atoms with Crippen LogP contribution >= 0.6 is 11.6 Å². The Morgan fingerprint density at radius 3 is 2.62 bits per heavy atom. The molecule has 0 spiro atoms. The minimum atomic E-state index is -1.63. The van der Waals surface area contributed by atoms with Crippen molar-refractivity contribution in [2.45, 2.75) is 0 Å². The van der Waals surface area contributed by atoms with Crippen LogP contribution in [-0.4, -0.2) is 28.6 Å². The molecule has 13 heavy (non-hydrogen) atoms. The maximum absolute atomic E-state index is 8.86. The Bertz CT molecular complexity index is 330. The summed E-state index contributed by atoms with van der Waals surface area (Å²) in [6.45, 7) is 0. The van der Waals surface area contributed by atoms with Crippen LogP contribution in [0.5, 0.6) is 0 Å². The van der Waals surface area contributed by atoms with Crippen LogP contribution in [0.25, 0.3) is 0 Å². The van der Waals surface area contributed by atoms with Crippen LogP contribution in [0.2, 0.25) is 5.02 Å². The number of hydrogen-bond donors (Lipinski definition) is 3. The molecule has 0 amide bonds. The van der Waals surface area contributed by atoms with Gasteiger partial charge in [-0.15, -0.1) is 0 Å². The van der Waals surface area contributed by atoms with Gasteiger partial charge >= 0.3 is 7.12 Å². The zero-order valence-corrected chi connectivity index (χ0v) is 7.31. The molecule has 0 aromatic heterocycles. The number of oxime groups is 1. The molecule has 0 heterocycles. The van der Waals surface area contributed by atoms with E-state index in [2.05, 4.69) is 5.16 Å². The Hall–Kier alpha value is -1.04. The molecule has 3 N–H and O–H groups in total. The van der Waals surface area contributed by atoms with Crippen LogP contribution in [0.15, 0.2) is 23.4 Å². The van der Waals surface area contributed by atoms with Crippen molar-refractivity contribution in [1.29, 1.82) is 0 Å². The van der Waals surface area contributed by atoms with E-state index in [9.17, 15) is 0 Å². The summed E-state index contributed by atoms with van der Waals surface area (Å²) in [5.74, 6) is 0. The molecule has 0 aliphatic rings. The predicted octanol–water partition coefficient (Wildman–Crippen LogP) is -0.172. The fraction of sp³-hybridized carbons (Fsp3) is 0. The van der Waals surface area contributed by atoms with E-state index < -0.39 is 7.12 Å². The molecule has 1 aromatic carbocycles. The van der Waals surface area contributed by atoms with E-state index in [-0.39, 0.29) is 10.5 Å². The van der Waals surface area contributed by atoms with Crippen molar-refractivity contribution in [1.82, 2.24) is 0 Å². The Morgan fingerprint density at radius 2 is 2.08 bits per heavy atom. The van der Waals surface area contributed by atoms with Crippen molar-refractivity contribution >= 4 is 30.4 Å². The Labute approximate surface area is 80.2 Å². The molecule has 1 rings (SSSR count). The van der Waals surface area contributed by atoms with Gasteiger partial charge in [0.15, 0.2) is 0 Å². The first-order valence-electron chi connectivity index (χ1n) is 3.48. The van der Waals surface area contributed by atoms with Crippen molar-refractivity contribution in [3.8, 4) is 0 Å². The summed E-state index contributed by atoms with van der Waals surface area (Å²) in [6, 6.07) is 4.51. The van der Waals surface area contributed by atoms with Crippen LogP contribution in [0.3, 0.4) is 0 Å². The lowest BCUT2D eigenvalue weighted by Gasteiger charge is -2.02. The van der Waals surface area contributed by atoms with Crippen molar-refractivity contribution in [3.63, 3.8) is 0 Å². The minimum Gasteiger partial charge on any atom is -0.423 e. The second kappa shape index (κ2) is 4.27. The van der Waals surface area contributed by atoms with E-state index >= 15 is 0 Å². The summed E-state index contributed by atoms with van der Waals surface area (Å²) in [7, 11) is -1.63. The highest BCUT2D eigenvalue weighted by Gasteiger charge is 2.14. The van der Waals surface area contributed by atoms with E-state index in [1.807, 2.05) is 0 Å². The summed E-state index contributed by atoms with van der Waals surface area (Å²) in [5, 5.41) is 29.0. The van der Waals surface area contributed by atoms with Gasteiger partial charge in [0.1, 0.15) is 0 Å². The van der Waals surface area contributed by atoms with Crippen molar-refractivity contribution < 1.29 is 15.3 Å². The first-order chi connectivity index (χ1) is 6.15. The summed E-state index contributed by atoms with van der Waals surface area (Å²) in [6.07, 6.45) is 1.17. The minimum absolute atomic E-state index is 0.180. The largest absolute Gasteiger partial charge is 0.489 e.